The van der Waals surface area contributed by atoms with Gasteiger partial charge in [-0.25, -0.2) is 10.1 Å². The monoisotopic (exact) mass is 525 g/mol. The van der Waals surface area contributed by atoms with E-state index in [9.17, 15) is 10.0 Å². The lowest BCUT2D eigenvalue weighted by Gasteiger charge is -2.36. The van der Waals surface area contributed by atoms with Crippen molar-refractivity contribution in [1.29, 1.82) is 0 Å². The zero-order valence-electron chi connectivity index (χ0n) is 23.4. The second-order valence-corrected chi connectivity index (χ2v) is 11.2. The highest BCUT2D eigenvalue weighted by Crippen LogP contribution is 2.39. The van der Waals surface area contributed by atoms with E-state index in [0.717, 1.165) is 33.5 Å². The van der Waals surface area contributed by atoms with Gasteiger partial charge in [0.15, 0.2) is 5.82 Å². The molecule has 0 saturated carbocycles. The third-order valence-corrected chi connectivity index (χ3v) is 7.76. The van der Waals surface area contributed by atoms with E-state index in [0.29, 0.717) is 36.6 Å². The maximum absolute atomic E-state index is 13.9. The number of aromatic nitrogens is 6. The molecule has 5 rings (SSSR count). The predicted molar refractivity (Wildman–Crippen MR) is 150 cm³/mol. The number of hydrogen-bond acceptors (Lipinski definition) is 7. The number of nitrogens with zero attached hydrogens (tertiary/aromatic N) is 6. The highest BCUT2D eigenvalue weighted by Gasteiger charge is 2.45. The molecule has 0 unspecified atom stereocenters. The number of hydroxylamine groups is 2. The molecular weight excluding hydrogens is 490 g/mol. The number of rotatable bonds is 7. The molecule has 4 aromatic rings. The minimum Gasteiger partial charge on any atom is -0.312 e. The first-order valence-electron chi connectivity index (χ1n) is 13.3. The van der Waals surface area contributed by atoms with Crippen molar-refractivity contribution < 1.29 is 5.21 Å². The van der Waals surface area contributed by atoms with Crippen LogP contribution in [0.25, 0.3) is 22.5 Å². The summed E-state index contributed by atoms with van der Waals surface area (Å²) in [5.74, 6) is 1.29. The van der Waals surface area contributed by atoms with Crippen molar-refractivity contribution in [2.24, 2.45) is 0 Å². The van der Waals surface area contributed by atoms with E-state index in [1.54, 1.807) is 4.57 Å². The van der Waals surface area contributed by atoms with Crippen LogP contribution in [-0.2, 0) is 19.4 Å². The Labute approximate surface area is 228 Å². The summed E-state index contributed by atoms with van der Waals surface area (Å²) in [6.45, 7) is 12.2. The van der Waals surface area contributed by atoms with Crippen molar-refractivity contribution in [1.82, 2.24) is 35.2 Å². The second-order valence-electron chi connectivity index (χ2n) is 11.2. The van der Waals surface area contributed by atoms with Gasteiger partial charge in [-0.05, 0) is 73.7 Å². The van der Waals surface area contributed by atoms with E-state index in [1.165, 1.54) is 5.06 Å². The summed E-state index contributed by atoms with van der Waals surface area (Å²) in [5.41, 5.74) is 5.39. The van der Waals surface area contributed by atoms with Gasteiger partial charge in [-0.15, -0.1) is 5.10 Å². The molecule has 0 fully saturated rings. The average Bonchev–Trinajstić information content (AvgIpc) is 3.51. The SMILES string of the molecule is CCc1nc(C)n(CC2=CC(C)(C)N(O)C2(C)C)c(=O)c1Cc1ccc(-c2ccccc2-c2nnn[nH]2)cc1. The molecule has 39 heavy (non-hydrogen) atoms. The van der Waals surface area contributed by atoms with Crippen LogP contribution in [-0.4, -0.2) is 51.5 Å². The Hall–Kier alpha value is -3.95. The average molecular weight is 526 g/mol. The van der Waals surface area contributed by atoms with E-state index in [-0.39, 0.29) is 5.56 Å². The minimum absolute atomic E-state index is 0.0301. The summed E-state index contributed by atoms with van der Waals surface area (Å²) in [6, 6.07) is 16.2. The number of H-pyrrole nitrogens is 1. The first kappa shape index (κ1) is 26.6. The summed E-state index contributed by atoms with van der Waals surface area (Å²) < 4.78 is 1.74. The van der Waals surface area contributed by atoms with Crippen LogP contribution in [0, 0.1) is 6.92 Å². The fourth-order valence-electron chi connectivity index (χ4n) is 5.56. The largest absolute Gasteiger partial charge is 0.312 e. The van der Waals surface area contributed by atoms with Crippen molar-refractivity contribution >= 4 is 0 Å². The molecule has 0 bridgehead atoms. The Kier molecular flexibility index (Phi) is 6.82. The number of benzene rings is 2. The quantitative estimate of drug-likeness (QED) is 0.335. The van der Waals surface area contributed by atoms with Crippen LogP contribution in [0.3, 0.4) is 0 Å². The van der Waals surface area contributed by atoms with Crippen LogP contribution in [0.2, 0.25) is 0 Å². The third kappa shape index (κ3) is 4.84. The van der Waals surface area contributed by atoms with Crippen molar-refractivity contribution in [3.05, 3.63) is 93.2 Å². The predicted octanol–water partition coefficient (Wildman–Crippen LogP) is 4.74. The topological polar surface area (TPSA) is 113 Å². The Bertz CT molecular complexity index is 1580. The Morgan fingerprint density at radius 1 is 1.00 bits per heavy atom. The van der Waals surface area contributed by atoms with Gasteiger partial charge in [-0.2, -0.15) is 5.06 Å². The number of aromatic amines is 1. The van der Waals surface area contributed by atoms with Gasteiger partial charge in [0.25, 0.3) is 5.56 Å². The molecule has 3 heterocycles. The summed E-state index contributed by atoms with van der Waals surface area (Å²) >= 11 is 0. The first-order chi connectivity index (χ1) is 18.5. The van der Waals surface area contributed by atoms with Crippen LogP contribution in [0.4, 0.5) is 0 Å². The molecule has 0 radical (unpaired) electrons. The molecule has 0 spiro atoms. The van der Waals surface area contributed by atoms with Gasteiger partial charge in [-0.1, -0.05) is 61.5 Å². The Morgan fingerprint density at radius 3 is 2.28 bits per heavy atom. The van der Waals surface area contributed by atoms with E-state index in [2.05, 4.69) is 51.0 Å². The van der Waals surface area contributed by atoms with Crippen molar-refractivity contribution in [2.45, 2.75) is 72.0 Å². The molecule has 2 N–H and O–H groups in total. The maximum Gasteiger partial charge on any atom is 0.257 e. The van der Waals surface area contributed by atoms with Gasteiger partial charge >= 0.3 is 0 Å². The Morgan fingerprint density at radius 2 is 1.69 bits per heavy atom. The molecule has 0 amide bonds. The summed E-state index contributed by atoms with van der Waals surface area (Å²) in [4.78, 5) is 18.7. The van der Waals surface area contributed by atoms with Crippen LogP contribution >= 0.6 is 0 Å². The molecule has 0 atom stereocenters. The van der Waals surface area contributed by atoms with E-state index in [1.807, 2.05) is 65.8 Å². The number of tetrazole rings is 1. The van der Waals surface area contributed by atoms with E-state index in [4.69, 9.17) is 4.98 Å². The lowest BCUT2D eigenvalue weighted by atomic mass is 9.95. The molecule has 2 aromatic heterocycles. The number of nitrogens with one attached hydrogen (secondary N) is 1. The zero-order valence-corrected chi connectivity index (χ0v) is 23.4. The maximum atomic E-state index is 13.9. The van der Waals surface area contributed by atoms with Crippen LogP contribution < -0.4 is 5.56 Å². The normalized spacial score (nSPS) is 16.4. The molecule has 9 heteroatoms. The third-order valence-electron chi connectivity index (χ3n) is 7.76. The van der Waals surface area contributed by atoms with Crippen molar-refractivity contribution in [2.75, 3.05) is 0 Å². The fourth-order valence-corrected chi connectivity index (χ4v) is 5.56. The standard InChI is InChI=1S/C30H35N7O2/c1-7-26-25(28(38)36(19(2)31-26)18-22-17-29(3,4)37(39)30(22,5)6)16-20-12-14-21(15-13-20)23-10-8-9-11-24(23)27-32-34-35-33-27/h8-15,17,39H,7,16,18H2,1-6H3,(H,32,33,34,35). The molecule has 0 saturated heterocycles. The smallest absolute Gasteiger partial charge is 0.257 e. The molecule has 2 aromatic carbocycles. The lowest BCUT2D eigenvalue weighted by molar-refractivity contribution is -0.185. The van der Waals surface area contributed by atoms with E-state index >= 15 is 0 Å². The molecule has 9 nitrogen and oxygen atoms in total. The second kappa shape index (κ2) is 9.98. The molecule has 1 aliphatic heterocycles. The summed E-state index contributed by atoms with van der Waals surface area (Å²) in [5, 5.41) is 26.4. The van der Waals surface area contributed by atoms with E-state index < -0.39 is 11.1 Å². The lowest BCUT2D eigenvalue weighted by Crippen LogP contribution is -2.48. The van der Waals surface area contributed by atoms with Crippen LogP contribution in [0.15, 0.2) is 65.0 Å². The molecule has 0 aliphatic carbocycles. The van der Waals surface area contributed by atoms with Gasteiger partial charge in [0, 0.05) is 17.5 Å². The van der Waals surface area contributed by atoms with Gasteiger partial charge in [0.1, 0.15) is 5.82 Å². The van der Waals surface area contributed by atoms with Gasteiger partial charge in [0.05, 0.1) is 23.3 Å². The van der Waals surface area contributed by atoms with Crippen molar-refractivity contribution in [3.8, 4) is 22.5 Å². The highest BCUT2D eigenvalue weighted by molar-refractivity contribution is 5.80. The van der Waals surface area contributed by atoms with Crippen LogP contribution in [0.5, 0.6) is 0 Å². The molecule has 1 aliphatic rings. The first-order valence-corrected chi connectivity index (χ1v) is 13.3. The Balaban J connectivity index is 1.47. The van der Waals surface area contributed by atoms with Gasteiger partial charge < -0.3 is 5.21 Å². The summed E-state index contributed by atoms with van der Waals surface area (Å²) in [7, 11) is 0. The summed E-state index contributed by atoms with van der Waals surface area (Å²) in [6.07, 6.45) is 3.22. The van der Waals surface area contributed by atoms with Crippen LogP contribution in [0.1, 0.15) is 57.3 Å². The van der Waals surface area contributed by atoms with Crippen molar-refractivity contribution in [3.63, 3.8) is 0 Å². The fraction of sp³-hybridized carbons (Fsp3) is 0.367. The molecule has 202 valence electrons. The molecular formula is C30H35N7O2. The highest BCUT2D eigenvalue weighted by atomic mass is 16.5. The number of hydrogen-bond donors (Lipinski definition) is 2. The zero-order chi connectivity index (χ0) is 27.9. The number of aryl methyl sites for hydroxylation is 2. The minimum atomic E-state index is -0.590. The van der Waals surface area contributed by atoms with Gasteiger partial charge in [0.2, 0.25) is 0 Å². The van der Waals surface area contributed by atoms with Gasteiger partial charge in [-0.3, -0.25) is 9.36 Å².